The van der Waals surface area contributed by atoms with E-state index in [1.54, 1.807) is 0 Å². The lowest BCUT2D eigenvalue weighted by atomic mass is 9.48. The predicted molar refractivity (Wildman–Crippen MR) is 99.4 cm³/mol. The van der Waals surface area contributed by atoms with E-state index in [1.807, 2.05) is 44.2 Å². The Morgan fingerprint density at radius 2 is 1.69 bits per heavy atom. The van der Waals surface area contributed by atoms with Crippen molar-refractivity contribution in [1.29, 1.82) is 0 Å². The van der Waals surface area contributed by atoms with Crippen LogP contribution in [0, 0.1) is 23.2 Å². The molecule has 4 nitrogen and oxygen atoms in total. The molecule has 1 N–H and O–H groups in total. The fourth-order valence-electron chi connectivity index (χ4n) is 6.04. The van der Waals surface area contributed by atoms with E-state index in [-0.39, 0.29) is 23.3 Å². The molecule has 0 aromatic heterocycles. The first kappa shape index (κ1) is 17.6. The summed E-state index contributed by atoms with van der Waals surface area (Å²) < 4.78 is 5.14. The van der Waals surface area contributed by atoms with Crippen molar-refractivity contribution in [1.82, 2.24) is 5.32 Å². The zero-order chi connectivity index (χ0) is 18.5. The molecular formula is C22H29NO3. The van der Waals surface area contributed by atoms with Crippen LogP contribution in [0.4, 0.5) is 0 Å². The second-order valence-electron chi connectivity index (χ2n) is 9.23. The van der Waals surface area contributed by atoms with E-state index in [2.05, 4.69) is 5.32 Å². The zero-order valence-electron chi connectivity index (χ0n) is 16.0. The van der Waals surface area contributed by atoms with Gasteiger partial charge < -0.3 is 10.1 Å². The lowest BCUT2D eigenvalue weighted by molar-refractivity contribution is -0.171. The molecule has 0 aliphatic heterocycles. The highest BCUT2D eigenvalue weighted by atomic mass is 16.5. The number of hydrogen-bond acceptors (Lipinski definition) is 3. The Morgan fingerprint density at radius 3 is 2.27 bits per heavy atom. The maximum atomic E-state index is 13.1. The molecule has 4 bridgehead atoms. The molecule has 1 aromatic carbocycles. The number of rotatable bonds is 4. The molecule has 1 amide bonds. The molecule has 0 saturated heterocycles. The maximum absolute atomic E-state index is 13.1. The number of methoxy groups -OCH3 is 1. The van der Waals surface area contributed by atoms with E-state index >= 15 is 0 Å². The molecular weight excluding hydrogens is 326 g/mol. The Balaban J connectivity index is 1.52. The SMILES string of the molecule is COC(=O)C12CC3C[C@H](C1)C(NC(=O)C(C)(C)c1ccccc1)[C@@H](C3)C2. The minimum Gasteiger partial charge on any atom is -0.469 e. The molecule has 0 spiro atoms. The molecule has 1 aromatic rings. The Bertz CT molecular complexity index is 695. The lowest BCUT2D eigenvalue weighted by Crippen LogP contribution is -2.62. The van der Waals surface area contributed by atoms with E-state index in [9.17, 15) is 9.59 Å². The third-order valence-corrected chi connectivity index (χ3v) is 7.25. The van der Waals surface area contributed by atoms with Gasteiger partial charge >= 0.3 is 5.97 Å². The standard InChI is InChI=1S/C22H29NO3/c1-21(2,17-7-5-4-6-8-17)19(24)23-18-15-9-14-10-16(18)13-22(11-14,12-15)20(25)26-3/h4-8,14-16,18H,9-13H2,1-3H3,(H,23,24)/t14?,15-,16+,18?,22?. The fraction of sp³-hybridized carbons (Fsp3) is 0.636. The molecule has 4 aliphatic carbocycles. The smallest absolute Gasteiger partial charge is 0.311 e. The number of nitrogens with one attached hydrogen (secondary N) is 1. The van der Waals surface area contributed by atoms with Gasteiger partial charge in [-0.2, -0.15) is 0 Å². The fourth-order valence-corrected chi connectivity index (χ4v) is 6.04. The summed E-state index contributed by atoms with van der Waals surface area (Å²) in [6, 6.07) is 10.2. The van der Waals surface area contributed by atoms with Crippen LogP contribution in [0.25, 0.3) is 0 Å². The molecule has 5 atom stereocenters. The van der Waals surface area contributed by atoms with Crippen LogP contribution >= 0.6 is 0 Å². The van der Waals surface area contributed by atoms with Gasteiger partial charge in [0.25, 0.3) is 0 Å². The molecule has 0 radical (unpaired) electrons. The van der Waals surface area contributed by atoms with Gasteiger partial charge in [0.05, 0.1) is 17.9 Å². The maximum Gasteiger partial charge on any atom is 0.311 e. The number of benzene rings is 1. The van der Waals surface area contributed by atoms with Crippen LogP contribution < -0.4 is 5.32 Å². The van der Waals surface area contributed by atoms with Gasteiger partial charge in [-0.15, -0.1) is 0 Å². The van der Waals surface area contributed by atoms with Gasteiger partial charge in [-0.05, 0) is 69.3 Å². The third kappa shape index (κ3) is 2.65. The first-order valence-electron chi connectivity index (χ1n) is 9.81. The number of ether oxygens (including phenoxy) is 1. The zero-order valence-corrected chi connectivity index (χ0v) is 16.0. The monoisotopic (exact) mass is 355 g/mol. The number of carbonyl (C=O) groups excluding carboxylic acids is 2. The highest BCUT2D eigenvalue weighted by Gasteiger charge is 2.59. The van der Waals surface area contributed by atoms with Crippen molar-refractivity contribution in [3.8, 4) is 0 Å². The van der Waals surface area contributed by atoms with Crippen molar-refractivity contribution in [2.24, 2.45) is 23.2 Å². The van der Waals surface area contributed by atoms with Gasteiger partial charge in [0.1, 0.15) is 0 Å². The first-order valence-corrected chi connectivity index (χ1v) is 9.81. The minimum absolute atomic E-state index is 0.0358. The van der Waals surface area contributed by atoms with Gasteiger partial charge in [0.2, 0.25) is 5.91 Å². The van der Waals surface area contributed by atoms with Crippen molar-refractivity contribution in [3.63, 3.8) is 0 Å². The second kappa shape index (κ2) is 6.11. The summed E-state index contributed by atoms with van der Waals surface area (Å²) in [5.74, 6) is 1.47. The third-order valence-electron chi connectivity index (χ3n) is 7.25. The minimum atomic E-state index is -0.560. The van der Waals surface area contributed by atoms with Crippen molar-refractivity contribution in [3.05, 3.63) is 35.9 Å². The largest absolute Gasteiger partial charge is 0.469 e. The molecule has 4 aliphatic rings. The van der Waals surface area contributed by atoms with E-state index in [0.717, 1.165) is 37.7 Å². The van der Waals surface area contributed by atoms with Crippen molar-refractivity contribution in [2.45, 2.75) is 57.4 Å². The number of esters is 1. The van der Waals surface area contributed by atoms with Crippen LogP contribution in [-0.2, 0) is 19.7 Å². The predicted octanol–water partition coefficient (Wildman–Crippen LogP) is 3.45. The Labute approximate surface area is 155 Å². The van der Waals surface area contributed by atoms with Crippen LogP contribution in [0.5, 0.6) is 0 Å². The first-order chi connectivity index (χ1) is 12.4. The summed E-state index contributed by atoms with van der Waals surface area (Å²) in [5.41, 5.74) is 0.185. The van der Waals surface area contributed by atoms with Gasteiger partial charge in [-0.1, -0.05) is 30.3 Å². The average Bonchev–Trinajstić information content (AvgIpc) is 2.63. The van der Waals surface area contributed by atoms with Crippen LogP contribution in [0.15, 0.2) is 30.3 Å². The van der Waals surface area contributed by atoms with Gasteiger partial charge in [0.15, 0.2) is 0 Å². The molecule has 26 heavy (non-hydrogen) atoms. The van der Waals surface area contributed by atoms with Crippen LogP contribution in [0.1, 0.15) is 51.5 Å². The molecule has 5 rings (SSSR count). The molecule has 4 saturated carbocycles. The van der Waals surface area contributed by atoms with E-state index in [4.69, 9.17) is 4.74 Å². The van der Waals surface area contributed by atoms with E-state index < -0.39 is 5.41 Å². The number of hydrogen-bond donors (Lipinski definition) is 1. The topological polar surface area (TPSA) is 55.4 Å². The van der Waals surface area contributed by atoms with Gasteiger partial charge in [0, 0.05) is 6.04 Å². The summed E-state index contributed by atoms with van der Waals surface area (Å²) in [4.78, 5) is 25.6. The van der Waals surface area contributed by atoms with Gasteiger partial charge in [-0.3, -0.25) is 9.59 Å². The summed E-state index contributed by atoms with van der Waals surface area (Å²) in [5, 5.41) is 3.38. The summed E-state index contributed by atoms with van der Waals surface area (Å²) >= 11 is 0. The van der Waals surface area contributed by atoms with E-state index in [0.29, 0.717) is 17.8 Å². The normalized spacial score (nSPS) is 35.2. The Kier molecular flexibility index (Phi) is 4.13. The van der Waals surface area contributed by atoms with Crippen molar-refractivity contribution < 1.29 is 14.3 Å². The molecule has 3 unspecified atom stereocenters. The van der Waals surface area contributed by atoms with Crippen molar-refractivity contribution in [2.75, 3.05) is 7.11 Å². The summed E-state index contributed by atoms with van der Waals surface area (Å²) in [6.07, 6.45) is 4.97. The summed E-state index contributed by atoms with van der Waals surface area (Å²) in [7, 11) is 1.50. The highest BCUT2D eigenvalue weighted by Crippen LogP contribution is 2.60. The quantitative estimate of drug-likeness (QED) is 0.842. The molecule has 0 heterocycles. The van der Waals surface area contributed by atoms with Crippen LogP contribution in [0.2, 0.25) is 0 Å². The Hall–Kier alpha value is -1.84. The second-order valence-corrected chi connectivity index (χ2v) is 9.23. The summed E-state index contributed by atoms with van der Waals surface area (Å²) in [6.45, 7) is 3.98. The molecule has 4 heteroatoms. The number of amides is 1. The van der Waals surface area contributed by atoms with Crippen molar-refractivity contribution >= 4 is 11.9 Å². The lowest BCUT2D eigenvalue weighted by Gasteiger charge is -2.58. The highest BCUT2D eigenvalue weighted by molar-refractivity contribution is 5.87. The van der Waals surface area contributed by atoms with Crippen LogP contribution in [-0.4, -0.2) is 25.0 Å². The Morgan fingerprint density at radius 1 is 1.08 bits per heavy atom. The van der Waals surface area contributed by atoms with E-state index in [1.165, 1.54) is 7.11 Å². The molecule has 140 valence electrons. The van der Waals surface area contributed by atoms with Gasteiger partial charge in [-0.25, -0.2) is 0 Å². The number of carbonyl (C=O) groups is 2. The van der Waals surface area contributed by atoms with Crippen LogP contribution in [0.3, 0.4) is 0 Å². The average molecular weight is 355 g/mol. The molecule has 4 fully saturated rings.